The van der Waals surface area contributed by atoms with Gasteiger partial charge in [0, 0.05) is 16.8 Å². The Balaban J connectivity index is 1.27. The number of nitrogens with one attached hydrogen (secondary N) is 2. The van der Waals surface area contributed by atoms with Gasteiger partial charge < -0.3 is 25.6 Å². The van der Waals surface area contributed by atoms with Crippen LogP contribution < -0.4 is 20.3 Å². The van der Waals surface area contributed by atoms with Crippen LogP contribution in [0.2, 0.25) is 0 Å². The van der Waals surface area contributed by atoms with E-state index in [1.807, 2.05) is 24.3 Å². The lowest BCUT2D eigenvalue weighted by Gasteiger charge is -2.32. The van der Waals surface area contributed by atoms with Crippen molar-refractivity contribution >= 4 is 29.2 Å². The number of ether oxygens (including phenoxy) is 1. The number of aliphatic carboxylic acids is 1. The number of benzene rings is 4. The van der Waals surface area contributed by atoms with E-state index in [9.17, 15) is 32.7 Å². The Labute approximate surface area is 292 Å². The monoisotopic (exact) mass is 699 g/mol. The molecular weight excluding hydrogens is 663 g/mol. The molecule has 12 heteroatoms. The number of carbonyl (C=O) groups is 3. The number of anilines is 1. The molecule has 2 aliphatic carbocycles. The Bertz CT molecular complexity index is 1940. The van der Waals surface area contributed by atoms with Crippen LogP contribution >= 0.6 is 0 Å². The van der Waals surface area contributed by atoms with Crippen molar-refractivity contribution in [1.82, 2.24) is 10.6 Å². The lowest BCUT2D eigenvalue weighted by atomic mass is 9.82. The molecule has 2 atom stereocenters. The van der Waals surface area contributed by atoms with Gasteiger partial charge in [0.15, 0.2) is 6.10 Å². The van der Waals surface area contributed by atoms with Crippen molar-refractivity contribution in [3.05, 3.63) is 125 Å². The van der Waals surface area contributed by atoms with E-state index in [1.165, 1.54) is 17.7 Å². The average Bonchev–Trinajstić information content (AvgIpc) is 3.12. The third-order valence-electron chi connectivity index (χ3n) is 9.05. The highest BCUT2D eigenvalue weighted by atomic mass is 19.4. The van der Waals surface area contributed by atoms with Gasteiger partial charge in [-0.05, 0) is 95.8 Å². The summed E-state index contributed by atoms with van der Waals surface area (Å²) in [5, 5.41) is 23.9. The highest BCUT2D eigenvalue weighted by Crippen LogP contribution is 2.45. The first-order chi connectivity index (χ1) is 24.5. The van der Waals surface area contributed by atoms with Crippen LogP contribution in [0.5, 0.6) is 5.75 Å². The fourth-order valence-corrected chi connectivity index (χ4v) is 6.54. The number of allylic oxidation sites excluding steroid dienone is 2. The third kappa shape index (κ3) is 8.41. The normalized spacial score (nSPS) is 15.8. The zero-order chi connectivity index (χ0) is 36.1. The second kappa shape index (κ2) is 15.1. The summed E-state index contributed by atoms with van der Waals surface area (Å²) in [6, 6.07) is 24.7. The second-order valence-corrected chi connectivity index (χ2v) is 12.5. The molecule has 0 saturated heterocycles. The zero-order valence-electron chi connectivity index (χ0n) is 27.5. The van der Waals surface area contributed by atoms with Gasteiger partial charge in [0.1, 0.15) is 5.75 Å². The molecule has 264 valence electrons. The molecule has 0 bridgehead atoms. The Morgan fingerprint density at radius 2 is 1.67 bits per heavy atom. The van der Waals surface area contributed by atoms with Crippen molar-refractivity contribution in [3.63, 3.8) is 0 Å². The highest BCUT2D eigenvalue weighted by Gasteiger charge is 2.35. The standard InChI is InChI=1S/C39H36F3N3O6/c40-39(41,42)51-34-12-6-9-28-21-32(30-10-4-5-11-31(30)35(28)34)44-38(50)45(29-19-17-26(18-20-29)25-7-2-1-3-8-25)23-24-13-15-27(16-14-24)36(47)43-22-33(46)37(48)49/h4-7,9-20,32-33,46H,1-3,8,21-23H2,(H,43,47)(H,44,50)(H,48,49)/t32?,33-/m1/s1. The number of aliphatic hydroxyl groups excluding tert-OH is 1. The topological polar surface area (TPSA) is 128 Å². The van der Waals surface area contributed by atoms with E-state index in [2.05, 4.69) is 21.4 Å². The van der Waals surface area contributed by atoms with Gasteiger partial charge in [-0.15, -0.1) is 13.2 Å². The van der Waals surface area contributed by atoms with Crippen molar-refractivity contribution in [3.8, 4) is 16.9 Å². The average molecular weight is 700 g/mol. The minimum absolute atomic E-state index is 0.113. The maximum Gasteiger partial charge on any atom is 0.573 e. The Morgan fingerprint density at radius 1 is 0.922 bits per heavy atom. The van der Waals surface area contributed by atoms with Crippen LogP contribution in [0.15, 0.2) is 97.1 Å². The van der Waals surface area contributed by atoms with Gasteiger partial charge in [0.05, 0.1) is 19.1 Å². The van der Waals surface area contributed by atoms with Crippen LogP contribution in [0.3, 0.4) is 0 Å². The number of carboxylic acids is 1. The molecule has 4 aromatic rings. The SMILES string of the molecule is O=C(NC[C@@H](O)C(=O)O)c1ccc(CN(C(=O)NC2Cc3cccc(OC(F)(F)F)c3-c3ccccc32)c2ccc(C3=CCCCC3)cc2)cc1. The van der Waals surface area contributed by atoms with Crippen LogP contribution in [-0.4, -0.2) is 47.1 Å². The molecule has 0 radical (unpaired) electrons. The molecule has 0 aromatic heterocycles. The van der Waals surface area contributed by atoms with Gasteiger partial charge in [-0.3, -0.25) is 9.69 Å². The molecule has 0 saturated carbocycles. The number of rotatable bonds is 10. The van der Waals surface area contributed by atoms with E-state index < -0.39 is 43.0 Å². The molecule has 0 spiro atoms. The number of amides is 3. The van der Waals surface area contributed by atoms with E-state index in [0.29, 0.717) is 33.5 Å². The van der Waals surface area contributed by atoms with E-state index in [4.69, 9.17) is 5.11 Å². The molecule has 9 nitrogen and oxygen atoms in total. The maximum absolute atomic E-state index is 14.3. The molecule has 6 rings (SSSR count). The number of carbonyl (C=O) groups excluding carboxylic acids is 2. The summed E-state index contributed by atoms with van der Waals surface area (Å²) in [6.07, 6.45) is 0.149. The summed E-state index contributed by atoms with van der Waals surface area (Å²) in [5.41, 5.74) is 6.01. The highest BCUT2D eigenvalue weighted by molar-refractivity contribution is 5.95. The van der Waals surface area contributed by atoms with Crippen molar-refractivity contribution < 1.29 is 42.5 Å². The van der Waals surface area contributed by atoms with E-state index >= 15 is 0 Å². The molecule has 0 aliphatic heterocycles. The maximum atomic E-state index is 14.3. The van der Waals surface area contributed by atoms with Crippen LogP contribution in [0.25, 0.3) is 16.7 Å². The molecule has 51 heavy (non-hydrogen) atoms. The van der Waals surface area contributed by atoms with Gasteiger partial charge in [0.2, 0.25) is 0 Å². The summed E-state index contributed by atoms with van der Waals surface area (Å²) in [5.74, 6) is -2.32. The quantitative estimate of drug-likeness (QED) is 0.137. The molecule has 0 heterocycles. The van der Waals surface area contributed by atoms with Gasteiger partial charge in [-0.2, -0.15) is 0 Å². The lowest BCUT2D eigenvalue weighted by molar-refractivity contribution is -0.274. The second-order valence-electron chi connectivity index (χ2n) is 12.5. The summed E-state index contributed by atoms with van der Waals surface area (Å²) in [7, 11) is 0. The van der Waals surface area contributed by atoms with Crippen molar-refractivity contribution in [2.45, 2.75) is 57.2 Å². The minimum atomic E-state index is -4.87. The fourth-order valence-electron chi connectivity index (χ4n) is 6.54. The van der Waals surface area contributed by atoms with Crippen LogP contribution in [0.1, 0.15) is 64.3 Å². The van der Waals surface area contributed by atoms with Crippen LogP contribution in [-0.2, 0) is 17.8 Å². The number of alkyl halides is 3. The van der Waals surface area contributed by atoms with Gasteiger partial charge in [0.25, 0.3) is 5.91 Å². The number of aliphatic hydroxyl groups is 1. The Morgan fingerprint density at radius 3 is 2.35 bits per heavy atom. The zero-order valence-corrected chi connectivity index (χ0v) is 27.5. The predicted molar refractivity (Wildman–Crippen MR) is 185 cm³/mol. The number of hydrogen-bond acceptors (Lipinski definition) is 5. The van der Waals surface area contributed by atoms with E-state index in [1.54, 1.807) is 59.5 Å². The molecule has 4 N–H and O–H groups in total. The first kappa shape index (κ1) is 35.2. The van der Waals surface area contributed by atoms with Crippen molar-refractivity contribution in [2.24, 2.45) is 0 Å². The first-order valence-electron chi connectivity index (χ1n) is 16.6. The summed E-state index contributed by atoms with van der Waals surface area (Å²) < 4.78 is 44.3. The number of fused-ring (bicyclic) bond motifs is 3. The number of hydrogen-bond donors (Lipinski definition) is 4. The molecular formula is C39H36F3N3O6. The number of carboxylic acid groups (broad SMARTS) is 1. The minimum Gasteiger partial charge on any atom is -0.479 e. The fraction of sp³-hybridized carbons (Fsp3) is 0.256. The Hall–Kier alpha value is -5.62. The number of halogens is 3. The van der Waals surface area contributed by atoms with Crippen LogP contribution in [0, 0.1) is 0 Å². The number of urea groups is 1. The van der Waals surface area contributed by atoms with Gasteiger partial charge in [-0.25, -0.2) is 9.59 Å². The molecule has 3 amide bonds. The summed E-state index contributed by atoms with van der Waals surface area (Å²) in [4.78, 5) is 39.2. The lowest BCUT2D eigenvalue weighted by Crippen LogP contribution is -2.42. The Kier molecular flexibility index (Phi) is 10.4. The molecule has 4 aromatic carbocycles. The molecule has 2 aliphatic rings. The first-order valence-corrected chi connectivity index (χ1v) is 16.6. The summed E-state index contributed by atoms with van der Waals surface area (Å²) >= 11 is 0. The van der Waals surface area contributed by atoms with Gasteiger partial charge in [-0.1, -0.05) is 66.7 Å². The predicted octanol–water partition coefficient (Wildman–Crippen LogP) is 7.40. The number of nitrogens with zero attached hydrogens (tertiary/aromatic N) is 1. The third-order valence-corrected chi connectivity index (χ3v) is 9.05. The van der Waals surface area contributed by atoms with Crippen molar-refractivity contribution in [2.75, 3.05) is 11.4 Å². The van der Waals surface area contributed by atoms with E-state index in [-0.39, 0.29) is 24.3 Å². The van der Waals surface area contributed by atoms with Gasteiger partial charge >= 0.3 is 18.4 Å². The van der Waals surface area contributed by atoms with Crippen LogP contribution in [0.4, 0.5) is 23.7 Å². The summed E-state index contributed by atoms with van der Waals surface area (Å²) in [6.45, 7) is -0.343. The largest absolute Gasteiger partial charge is 0.573 e. The molecule has 0 fully saturated rings. The van der Waals surface area contributed by atoms with E-state index in [0.717, 1.165) is 31.2 Å². The molecule has 1 unspecified atom stereocenters. The van der Waals surface area contributed by atoms with Crippen molar-refractivity contribution in [1.29, 1.82) is 0 Å². The smallest absolute Gasteiger partial charge is 0.479 e.